The number of pyridine rings is 1. The van der Waals surface area contributed by atoms with Crippen molar-refractivity contribution in [3.05, 3.63) is 41.2 Å². The Morgan fingerprint density at radius 3 is 2.92 bits per heavy atom. The molecule has 2 N–H and O–H groups in total. The molecule has 0 unspecified atom stereocenters. The van der Waals surface area contributed by atoms with Crippen molar-refractivity contribution in [2.24, 2.45) is 0 Å². The van der Waals surface area contributed by atoms with Gasteiger partial charge in [0.2, 0.25) is 0 Å². The normalized spacial score (nSPS) is 12.4. The van der Waals surface area contributed by atoms with E-state index in [0.29, 0.717) is 23.7 Å². The summed E-state index contributed by atoms with van der Waals surface area (Å²) in [4.78, 5) is 16.3. The number of para-hydroxylation sites is 1. The van der Waals surface area contributed by atoms with Crippen molar-refractivity contribution in [1.29, 1.82) is 0 Å². The highest BCUT2D eigenvalue weighted by Gasteiger charge is 2.24. The van der Waals surface area contributed by atoms with E-state index >= 15 is 0 Å². The summed E-state index contributed by atoms with van der Waals surface area (Å²) < 4.78 is 1.83. The van der Waals surface area contributed by atoms with Crippen LogP contribution in [-0.2, 0) is 4.79 Å². The van der Waals surface area contributed by atoms with Crippen molar-refractivity contribution in [3.8, 4) is 11.5 Å². The van der Waals surface area contributed by atoms with Crippen LogP contribution in [0.5, 0.6) is 0 Å². The molecule has 0 radical (unpaired) electrons. The van der Waals surface area contributed by atoms with Crippen LogP contribution in [0.2, 0.25) is 0 Å². The monoisotopic (exact) mass is 360 g/mol. The number of carboxylic acid groups (broad SMARTS) is 1. The molecule has 1 aromatic carbocycles. The lowest BCUT2D eigenvalue weighted by atomic mass is 10.2. The van der Waals surface area contributed by atoms with Gasteiger partial charge >= 0.3 is 5.97 Å². The van der Waals surface area contributed by atoms with E-state index < -0.39 is 12.0 Å². The van der Waals surface area contributed by atoms with E-state index in [1.165, 1.54) is 0 Å². The molecule has 8 heteroatoms. The van der Waals surface area contributed by atoms with Crippen LogP contribution in [0, 0.1) is 4.77 Å². The number of rotatable bonds is 6. The topological polar surface area (TPSA) is 83.8 Å². The van der Waals surface area contributed by atoms with Crippen molar-refractivity contribution in [1.82, 2.24) is 19.7 Å². The Hall–Kier alpha value is -2.19. The van der Waals surface area contributed by atoms with E-state index in [4.69, 9.17) is 12.2 Å². The number of H-pyrrole nitrogens is 1. The minimum atomic E-state index is -0.927. The standard InChI is InChI=1S/C16H16N4O2S2/c1-24-9-8-13(15(21)22)20-14(18-19-16(20)23)12-7-6-10-4-2-3-5-11(10)17-12/h2-7,13H,8-9H2,1H3,(H,19,23)(H,21,22)/t13-/m0/s1. The first-order valence-electron chi connectivity index (χ1n) is 7.36. The largest absolute Gasteiger partial charge is 0.480 e. The number of hydrogen-bond acceptors (Lipinski definition) is 5. The summed E-state index contributed by atoms with van der Waals surface area (Å²) >= 11 is 6.86. The van der Waals surface area contributed by atoms with Crippen LogP contribution in [0.4, 0.5) is 0 Å². The number of thioether (sulfide) groups is 1. The minimum Gasteiger partial charge on any atom is -0.480 e. The van der Waals surface area contributed by atoms with Crippen molar-refractivity contribution in [2.75, 3.05) is 12.0 Å². The number of aliphatic carboxylic acids is 1. The van der Waals surface area contributed by atoms with Crippen LogP contribution >= 0.6 is 24.0 Å². The maximum absolute atomic E-state index is 11.7. The zero-order chi connectivity index (χ0) is 17.1. The van der Waals surface area contributed by atoms with Gasteiger partial charge in [-0.2, -0.15) is 16.9 Å². The fourth-order valence-corrected chi connectivity index (χ4v) is 3.28. The molecule has 24 heavy (non-hydrogen) atoms. The summed E-state index contributed by atoms with van der Waals surface area (Å²) in [7, 11) is 0. The fraction of sp³-hybridized carbons (Fsp3) is 0.250. The first-order valence-corrected chi connectivity index (χ1v) is 9.17. The van der Waals surface area contributed by atoms with Gasteiger partial charge in [0, 0.05) is 5.39 Å². The molecule has 1 atom stereocenters. The first-order chi connectivity index (χ1) is 11.6. The quantitative estimate of drug-likeness (QED) is 0.654. The van der Waals surface area contributed by atoms with Crippen LogP contribution in [0.25, 0.3) is 22.4 Å². The lowest BCUT2D eigenvalue weighted by molar-refractivity contribution is -0.140. The van der Waals surface area contributed by atoms with E-state index in [1.807, 2.05) is 42.7 Å². The summed E-state index contributed by atoms with van der Waals surface area (Å²) in [6.07, 6.45) is 2.41. The van der Waals surface area contributed by atoms with Crippen molar-refractivity contribution < 1.29 is 9.90 Å². The average Bonchev–Trinajstić information content (AvgIpc) is 2.96. The van der Waals surface area contributed by atoms with E-state index in [-0.39, 0.29) is 4.77 Å². The van der Waals surface area contributed by atoms with Gasteiger partial charge in [-0.15, -0.1) is 0 Å². The zero-order valence-electron chi connectivity index (χ0n) is 13.0. The molecule has 2 aromatic heterocycles. The number of carbonyl (C=O) groups is 1. The maximum Gasteiger partial charge on any atom is 0.326 e. The molecule has 0 aliphatic carbocycles. The third kappa shape index (κ3) is 3.20. The van der Waals surface area contributed by atoms with Gasteiger partial charge in [-0.1, -0.05) is 24.3 Å². The molecule has 0 amide bonds. The van der Waals surface area contributed by atoms with Crippen molar-refractivity contribution in [3.63, 3.8) is 0 Å². The van der Waals surface area contributed by atoms with Crippen LogP contribution in [-0.4, -0.2) is 42.8 Å². The minimum absolute atomic E-state index is 0.286. The highest BCUT2D eigenvalue weighted by atomic mass is 32.2. The molecule has 2 heterocycles. The van der Waals surface area contributed by atoms with E-state index in [0.717, 1.165) is 10.9 Å². The van der Waals surface area contributed by atoms with E-state index in [9.17, 15) is 9.90 Å². The number of carboxylic acids is 1. The third-order valence-corrected chi connectivity index (χ3v) is 4.66. The molecule has 124 valence electrons. The molecule has 0 aliphatic rings. The molecular formula is C16H16N4O2S2. The van der Waals surface area contributed by atoms with E-state index in [2.05, 4.69) is 15.2 Å². The SMILES string of the molecule is CSCC[C@@H](C(=O)O)n1c(-c2ccc3ccccc3n2)n[nH]c1=S. The lowest BCUT2D eigenvalue weighted by Crippen LogP contribution is -2.21. The Balaban J connectivity index is 2.10. The predicted octanol–water partition coefficient (Wildman–Crippen LogP) is 3.53. The molecule has 0 aliphatic heterocycles. The summed E-state index contributed by atoms with van der Waals surface area (Å²) in [5, 5.41) is 17.5. The number of nitrogens with zero attached hydrogens (tertiary/aromatic N) is 3. The number of aromatic nitrogens is 4. The number of nitrogens with one attached hydrogen (secondary N) is 1. The Labute approximate surface area is 147 Å². The smallest absolute Gasteiger partial charge is 0.326 e. The number of benzene rings is 1. The zero-order valence-corrected chi connectivity index (χ0v) is 14.6. The second-order valence-electron chi connectivity index (χ2n) is 5.25. The van der Waals surface area contributed by atoms with Crippen LogP contribution in [0.15, 0.2) is 36.4 Å². The van der Waals surface area contributed by atoms with E-state index in [1.54, 1.807) is 16.3 Å². The van der Waals surface area contributed by atoms with Crippen LogP contribution < -0.4 is 0 Å². The van der Waals surface area contributed by atoms with Crippen LogP contribution in [0.3, 0.4) is 0 Å². The fourth-order valence-electron chi connectivity index (χ4n) is 2.56. The molecule has 0 spiro atoms. The third-order valence-electron chi connectivity index (χ3n) is 3.72. The molecule has 0 bridgehead atoms. The Morgan fingerprint density at radius 1 is 1.38 bits per heavy atom. The van der Waals surface area contributed by atoms with Gasteiger partial charge in [-0.25, -0.2) is 9.78 Å². The Morgan fingerprint density at radius 2 is 2.17 bits per heavy atom. The highest BCUT2D eigenvalue weighted by Crippen LogP contribution is 2.25. The molecule has 0 fully saturated rings. The van der Waals surface area contributed by atoms with Gasteiger partial charge in [0.25, 0.3) is 0 Å². The van der Waals surface area contributed by atoms with Crippen molar-refractivity contribution in [2.45, 2.75) is 12.5 Å². The molecule has 6 nitrogen and oxygen atoms in total. The van der Waals surface area contributed by atoms with Gasteiger partial charge < -0.3 is 5.11 Å². The molecule has 3 rings (SSSR count). The van der Waals surface area contributed by atoms with Crippen molar-refractivity contribution >= 4 is 40.9 Å². The highest BCUT2D eigenvalue weighted by molar-refractivity contribution is 7.98. The number of fused-ring (bicyclic) bond motifs is 1. The first kappa shape index (κ1) is 16.7. The summed E-state index contributed by atoms with van der Waals surface area (Å²) in [5.41, 5.74) is 1.42. The Bertz CT molecular complexity index is 935. The summed E-state index contributed by atoms with van der Waals surface area (Å²) in [6.45, 7) is 0. The molecule has 0 saturated carbocycles. The molecule has 0 saturated heterocycles. The lowest BCUT2D eigenvalue weighted by Gasteiger charge is -2.15. The number of hydrogen-bond donors (Lipinski definition) is 2. The second-order valence-corrected chi connectivity index (χ2v) is 6.62. The second kappa shape index (κ2) is 7.14. The molecule has 3 aromatic rings. The van der Waals surface area contributed by atoms with Gasteiger partial charge in [-0.3, -0.25) is 9.67 Å². The summed E-state index contributed by atoms with van der Waals surface area (Å²) in [6, 6.07) is 10.7. The predicted molar refractivity (Wildman–Crippen MR) is 97.8 cm³/mol. The maximum atomic E-state index is 11.7. The molecular weight excluding hydrogens is 344 g/mol. The van der Waals surface area contributed by atoms with Gasteiger partial charge in [0.15, 0.2) is 10.6 Å². The van der Waals surface area contributed by atoms with Gasteiger partial charge in [-0.05, 0) is 42.8 Å². The van der Waals surface area contributed by atoms with Gasteiger partial charge in [0.1, 0.15) is 11.7 Å². The van der Waals surface area contributed by atoms with Gasteiger partial charge in [0.05, 0.1) is 5.52 Å². The Kier molecular flexibility index (Phi) is 4.96. The van der Waals surface area contributed by atoms with Crippen LogP contribution in [0.1, 0.15) is 12.5 Å². The average molecular weight is 360 g/mol. The summed E-state index contributed by atoms with van der Waals surface area (Å²) in [5.74, 6) is 0.233. The number of aromatic amines is 1.